The summed E-state index contributed by atoms with van der Waals surface area (Å²) in [5.74, 6) is -0.995. The molecule has 2 heterocycles. The van der Waals surface area contributed by atoms with Gasteiger partial charge in [0.15, 0.2) is 0 Å². The van der Waals surface area contributed by atoms with Crippen LogP contribution in [0.4, 0.5) is 11.5 Å². The Morgan fingerprint density at radius 3 is 2.90 bits per heavy atom. The van der Waals surface area contributed by atoms with Gasteiger partial charge in [0.25, 0.3) is 0 Å². The number of hydrogen-bond acceptors (Lipinski definition) is 6. The molecule has 1 aliphatic heterocycles. The van der Waals surface area contributed by atoms with Crippen molar-refractivity contribution in [1.82, 2.24) is 4.98 Å². The minimum absolute atomic E-state index is 0.0216. The van der Waals surface area contributed by atoms with E-state index in [9.17, 15) is 20.0 Å². The Bertz CT molecular complexity index is 611. The summed E-state index contributed by atoms with van der Waals surface area (Å²) in [5.41, 5.74) is -0.255. The number of rotatable bonds is 3. The van der Waals surface area contributed by atoms with Crippen LogP contribution in [0.3, 0.4) is 0 Å². The molecular weight excluding hydrogens is 276 g/mol. The molecule has 1 aliphatic rings. The maximum Gasteiger partial charge on any atom is 0.326 e. The number of pyridine rings is 1. The van der Waals surface area contributed by atoms with Crippen LogP contribution < -0.4 is 4.90 Å². The molecule has 2 rings (SSSR count). The molecule has 8 heteroatoms. The summed E-state index contributed by atoms with van der Waals surface area (Å²) < 4.78 is 0. The van der Waals surface area contributed by atoms with Gasteiger partial charge in [0, 0.05) is 18.8 Å². The highest BCUT2D eigenvalue weighted by atomic mass is 16.6. The van der Waals surface area contributed by atoms with Crippen LogP contribution in [-0.2, 0) is 4.79 Å². The fraction of sp³-hybridized carbons (Fsp3) is 0.462. The van der Waals surface area contributed by atoms with Crippen LogP contribution >= 0.6 is 0 Å². The molecule has 1 fully saturated rings. The number of carboxylic acid groups (broad SMARTS) is 1. The van der Waals surface area contributed by atoms with Crippen LogP contribution in [0.1, 0.15) is 31.2 Å². The molecule has 0 saturated carbocycles. The van der Waals surface area contributed by atoms with E-state index >= 15 is 0 Å². The van der Waals surface area contributed by atoms with E-state index in [-0.39, 0.29) is 17.1 Å². The first-order chi connectivity index (χ1) is 10.0. The van der Waals surface area contributed by atoms with Crippen molar-refractivity contribution in [3.8, 4) is 6.07 Å². The molecular formula is C13H14N4O4. The first-order valence-corrected chi connectivity index (χ1v) is 6.58. The summed E-state index contributed by atoms with van der Waals surface area (Å²) >= 11 is 0. The highest BCUT2D eigenvalue weighted by Crippen LogP contribution is 2.31. The van der Waals surface area contributed by atoms with Crippen molar-refractivity contribution in [1.29, 1.82) is 5.26 Å². The molecule has 0 spiro atoms. The van der Waals surface area contributed by atoms with Crippen molar-refractivity contribution in [2.24, 2.45) is 0 Å². The number of carbonyl (C=O) groups is 1. The van der Waals surface area contributed by atoms with Crippen molar-refractivity contribution in [3.63, 3.8) is 0 Å². The van der Waals surface area contributed by atoms with Crippen LogP contribution in [0.25, 0.3) is 0 Å². The number of carboxylic acids is 1. The normalized spacial score (nSPS) is 18.6. The molecule has 0 bridgehead atoms. The van der Waals surface area contributed by atoms with Crippen molar-refractivity contribution >= 4 is 17.5 Å². The number of nitro groups is 1. The summed E-state index contributed by atoms with van der Waals surface area (Å²) in [6.45, 7) is 0.400. The van der Waals surface area contributed by atoms with Gasteiger partial charge in [-0.05, 0) is 12.8 Å². The van der Waals surface area contributed by atoms with E-state index < -0.39 is 16.9 Å². The minimum Gasteiger partial charge on any atom is -0.480 e. The summed E-state index contributed by atoms with van der Waals surface area (Å²) in [6.07, 6.45) is 4.05. The van der Waals surface area contributed by atoms with E-state index in [4.69, 9.17) is 5.26 Å². The molecule has 8 nitrogen and oxygen atoms in total. The Labute approximate surface area is 120 Å². The zero-order valence-corrected chi connectivity index (χ0v) is 11.2. The Balaban J connectivity index is 2.49. The number of aromatic nitrogens is 1. The van der Waals surface area contributed by atoms with Gasteiger partial charge in [0.05, 0.1) is 10.5 Å². The summed E-state index contributed by atoms with van der Waals surface area (Å²) in [6, 6.07) is 2.10. The Morgan fingerprint density at radius 2 is 2.29 bits per heavy atom. The Morgan fingerprint density at radius 1 is 1.52 bits per heavy atom. The third kappa shape index (κ3) is 3.08. The maximum absolute atomic E-state index is 11.4. The van der Waals surface area contributed by atoms with Gasteiger partial charge in [0.1, 0.15) is 12.1 Å². The van der Waals surface area contributed by atoms with Crippen LogP contribution in [0.2, 0.25) is 0 Å². The predicted octanol–water partition coefficient (Wildman–Crippen LogP) is 1.70. The SMILES string of the molecule is N#Cc1cnc(N2CCCCCC2C(=O)O)c([N+](=O)[O-])c1. The largest absolute Gasteiger partial charge is 0.480 e. The number of nitriles is 1. The summed E-state index contributed by atoms with van der Waals surface area (Å²) in [7, 11) is 0. The molecule has 1 unspecified atom stereocenters. The lowest BCUT2D eigenvalue weighted by Gasteiger charge is -2.27. The fourth-order valence-electron chi connectivity index (χ4n) is 2.48. The van der Waals surface area contributed by atoms with Crippen LogP contribution in [0.5, 0.6) is 0 Å². The zero-order chi connectivity index (χ0) is 15.4. The van der Waals surface area contributed by atoms with E-state index in [1.54, 1.807) is 6.07 Å². The molecule has 0 aliphatic carbocycles. The molecule has 1 aromatic rings. The molecule has 21 heavy (non-hydrogen) atoms. The quantitative estimate of drug-likeness (QED) is 0.664. The van der Waals surface area contributed by atoms with E-state index in [2.05, 4.69) is 4.98 Å². The smallest absolute Gasteiger partial charge is 0.326 e. The maximum atomic E-state index is 11.4. The molecule has 0 amide bonds. The van der Waals surface area contributed by atoms with Crippen molar-refractivity contribution in [3.05, 3.63) is 27.9 Å². The van der Waals surface area contributed by atoms with E-state index in [1.807, 2.05) is 0 Å². The van der Waals surface area contributed by atoms with Crippen LogP contribution in [-0.4, -0.2) is 33.6 Å². The molecule has 1 saturated heterocycles. The lowest BCUT2D eigenvalue weighted by Crippen LogP contribution is -2.41. The fourth-order valence-corrected chi connectivity index (χ4v) is 2.48. The molecule has 1 atom stereocenters. The highest BCUT2D eigenvalue weighted by molar-refractivity contribution is 5.79. The van der Waals surface area contributed by atoms with Crippen molar-refractivity contribution < 1.29 is 14.8 Å². The first-order valence-electron chi connectivity index (χ1n) is 6.58. The van der Waals surface area contributed by atoms with Gasteiger partial charge in [-0.1, -0.05) is 12.8 Å². The second-order valence-corrected chi connectivity index (χ2v) is 4.83. The van der Waals surface area contributed by atoms with Gasteiger partial charge in [-0.25, -0.2) is 9.78 Å². The van der Waals surface area contributed by atoms with Gasteiger partial charge in [-0.15, -0.1) is 0 Å². The van der Waals surface area contributed by atoms with E-state index in [0.717, 1.165) is 25.3 Å². The first kappa shape index (κ1) is 14.7. The van der Waals surface area contributed by atoms with Gasteiger partial charge < -0.3 is 10.0 Å². The monoisotopic (exact) mass is 290 g/mol. The van der Waals surface area contributed by atoms with Crippen LogP contribution in [0.15, 0.2) is 12.3 Å². The third-order valence-corrected chi connectivity index (χ3v) is 3.48. The Kier molecular flexibility index (Phi) is 4.33. The molecule has 1 aromatic heterocycles. The molecule has 1 N–H and O–H groups in total. The standard InChI is InChI=1S/C13H14N4O4/c14-7-9-6-11(17(20)21)12(15-8-9)16-5-3-1-2-4-10(16)13(18)19/h6,8,10H,1-5H2,(H,18,19). The second-order valence-electron chi connectivity index (χ2n) is 4.83. The van der Waals surface area contributed by atoms with Gasteiger partial charge in [-0.3, -0.25) is 10.1 Å². The van der Waals surface area contributed by atoms with Crippen LogP contribution in [0, 0.1) is 21.4 Å². The van der Waals surface area contributed by atoms with Gasteiger partial charge in [0.2, 0.25) is 5.82 Å². The highest BCUT2D eigenvalue weighted by Gasteiger charge is 2.32. The van der Waals surface area contributed by atoms with E-state index in [0.29, 0.717) is 13.0 Å². The minimum atomic E-state index is -1.02. The molecule has 110 valence electrons. The summed E-state index contributed by atoms with van der Waals surface area (Å²) in [5, 5.41) is 29.3. The summed E-state index contributed by atoms with van der Waals surface area (Å²) in [4.78, 5) is 27.4. The van der Waals surface area contributed by atoms with Crippen molar-refractivity contribution in [2.45, 2.75) is 31.7 Å². The average Bonchev–Trinajstić information content (AvgIpc) is 2.72. The number of hydrogen-bond donors (Lipinski definition) is 1. The Hall–Kier alpha value is -2.69. The van der Waals surface area contributed by atoms with E-state index in [1.165, 1.54) is 11.1 Å². The van der Waals surface area contributed by atoms with Crippen molar-refractivity contribution in [2.75, 3.05) is 11.4 Å². The zero-order valence-electron chi connectivity index (χ0n) is 11.2. The predicted molar refractivity (Wildman–Crippen MR) is 72.8 cm³/mol. The number of anilines is 1. The topological polar surface area (TPSA) is 120 Å². The lowest BCUT2D eigenvalue weighted by atomic mass is 10.1. The van der Waals surface area contributed by atoms with Gasteiger partial charge in [-0.2, -0.15) is 5.26 Å². The second kappa shape index (κ2) is 6.17. The molecule has 0 radical (unpaired) electrons. The number of aliphatic carboxylic acids is 1. The molecule has 0 aromatic carbocycles. The lowest BCUT2D eigenvalue weighted by molar-refractivity contribution is -0.384. The third-order valence-electron chi connectivity index (χ3n) is 3.48. The van der Waals surface area contributed by atoms with Gasteiger partial charge >= 0.3 is 11.7 Å². The average molecular weight is 290 g/mol. The number of nitrogens with zero attached hydrogens (tertiary/aromatic N) is 4.